The first-order valence-corrected chi connectivity index (χ1v) is 8.92. The number of nitrogens with one attached hydrogen (secondary N) is 1. The summed E-state index contributed by atoms with van der Waals surface area (Å²) >= 11 is 7.53. The molecule has 0 saturated heterocycles. The molecule has 2 aromatic carbocycles. The zero-order valence-electron chi connectivity index (χ0n) is 13.0. The summed E-state index contributed by atoms with van der Waals surface area (Å²) in [4.78, 5) is 0. The molecule has 3 aromatic rings. The summed E-state index contributed by atoms with van der Waals surface area (Å²) < 4.78 is 1.67. The predicted octanol–water partition coefficient (Wildman–Crippen LogP) is 3.74. The minimum Gasteiger partial charge on any atom is -0.244 e. The number of halogens is 1. The van der Waals surface area contributed by atoms with E-state index in [0.717, 1.165) is 27.7 Å². The molecule has 8 heteroatoms. The van der Waals surface area contributed by atoms with Gasteiger partial charge < -0.3 is 0 Å². The van der Waals surface area contributed by atoms with Gasteiger partial charge in [0.05, 0.1) is 11.9 Å². The normalized spacial score (nSPS) is 13.6. The molecular formula is C17H13ClN6S. The Morgan fingerprint density at radius 1 is 1.08 bits per heavy atom. The molecular weight excluding hydrogens is 356 g/mol. The van der Waals surface area contributed by atoms with Crippen LogP contribution in [0, 0.1) is 0 Å². The first-order valence-electron chi connectivity index (χ1n) is 7.56. The van der Waals surface area contributed by atoms with Crippen molar-refractivity contribution in [1.82, 2.24) is 14.9 Å². The molecule has 0 atom stereocenters. The fourth-order valence-corrected chi connectivity index (χ4v) is 3.25. The molecule has 2 heterocycles. The summed E-state index contributed by atoms with van der Waals surface area (Å²) in [6.07, 6.45) is 1.72. The van der Waals surface area contributed by atoms with Gasteiger partial charge in [0.15, 0.2) is 0 Å². The summed E-state index contributed by atoms with van der Waals surface area (Å²) in [6.45, 7) is 0. The van der Waals surface area contributed by atoms with E-state index in [2.05, 4.69) is 25.8 Å². The van der Waals surface area contributed by atoms with Crippen LogP contribution in [0.3, 0.4) is 0 Å². The molecule has 0 spiro atoms. The molecule has 1 N–H and O–H groups in total. The first-order chi connectivity index (χ1) is 12.3. The molecule has 0 amide bonds. The van der Waals surface area contributed by atoms with Gasteiger partial charge in [-0.05, 0) is 23.3 Å². The van der Waals surface area contributed by atoms with Gasteiger partial charge in [0.2, 0.25) is 5.16 Å². The Labute approximate surface area is 153 Å². The van der Waals surface area contributed by atoms with E-state index in [1.54, 1.807) is 22.7 Å². The Balaban J connectivity index is 1.57. The molecule has 25 heavy (non-hydrogen) atoms. The minimum atomic E-state index is 0.473. The van der Waals surface area contributed by atoms with Gasteiger partial charge in [0.25, 0.3) is 5.95 Å². The molecule has 4 rings (SSSR count). The van der Waals surface area contributed by atoms with E-state index >= 15 is 0 Å². The SMILES string of the molecule is Clc1ccc(C2=Nn3c(N/N=C/c4ccccc4)nnc3SC2)cc1. The van der Waals surface area contributed by atoms with E-state index in [9.17, 15) is 0 Å². The second-order valence-corrected chi connectivity index (χ2v) is 6.62. The molecule has 0 aliphatic carbocycles. The van der Waals surface area contributed by atoms with Gasteiger partial charge in [-0.3, -0.25) is 0 Å². The maximum Gasteiger partial charge on any atom is 0.266 e. The zero-order valence-corrected chi connectivity index (χ0v) is 14.6. The Hall–Kier alpha value is -2.64. The third kappa shape index (κ3) is 3.57. The van der Waals surface area contributed by atoms with Crippen LogP contribution in [0.4, 0.5) is 5.95 Å². The van der Waals surface area contributed by atoms with Crippen molar-refractivity contribution in [3.05, 3.63) is 70.7 Å². The van der Waals surface area contributed by atoms with Crippen molar-refractivity contribution in [2.75, 3.05) is 11.2 Å². The number of aromatic nitrogens is 3. The van der Waals surface area contributed by atoms with E-state index in [1.165, 1.54) is 0 Å². The van der Waals surface area contributed by atoms with Crippen molar-refractivity contribution in [3.8, 4) is 0 Å². The van der Waals surface area contributed by atoms with Crippen LogP contribution in [0.25, 0.3) is 0 Å². The highest BCUT2D eigenvalue weighted by Crippen LogP contribution is 2.26. The number of thioether (sulfide) groups is 1. The number of hydrogen-bond acceptors (Lipinski definition) is 6. The topological polar surface area (TPSA) is 67.5 Å². The third-order valence-corrected chi connectivity index (χ3v) is 4.71. The van der Waals surface area contributed by atoms with Gasteiger partial charge >= 0.3 is 0 Å². The van der Waals surface area contributed by atoms with Crippen molar-refractivity contribution >= 4 is 41.2 Å². The van der Waals surface area contributed by atoms with Crippen LogP contribution in [0.1, 0.15) is 11.1 Å². The zero-order chi connectivity index (χ0) is 17.1. The van der Waals surface area contributed by atoms with Crippen molar-refractivity contribution in [1.29, 1.82) is 0 Å². The Morgan fingerprint density at radius 3 is 2.68 bits per heavy atom. The van der Waals surface area contributed by atoms with E-state index < -0.39 is 0 Å². The maximum atomic E-state index is 5.95. The maximum absolute atomic E-state index is 5.95. The molecule has 0 fully saturated rings. The number of hydrazone groups is 1. The Bertz CT molecular complexity index is 934. The highest BCUT2D eigenvalue weighted by Gasteiger charge is 2.19. The lowest BCUT2D eigenvalue weighted by Gasteiger charge is -2.13. The molecule has 0 bridgehead atoms. The number of benzene rings is 2. The largest absolute Gasteiger partial charge is 0.266 e. The molecule has 0 unspecified atom stereocenters. The van der Waals surface area contributed by atoms with Crippen LogP contribution in [0.15, 0.2) is 70.0 Å². The third-order valence-electron chi connectivity index (χ3n) is 3.53. The number of hydrogen-bond donors (Lipinski definition) is 1. The van der Waals surface area contributed by atoms with Crippen molar-refractivity contribution in [2.24, 2.45) is 10.2 Å². The van der Waals surface area contributed by atoms with Crippen LogP contribution in [-0.2, 0) is 0 Å². The smallest absolute Gasteiger partial charge is 0.244 e. The minimum absolute atomic E-state index is 0.473. The lowest BCUT2D eigenvalue weighted by atomic mass is 10.1. The highest BCUT2D eigenvalue weighted by molar-refractivity contribution is 7.99. The van der Waals surface area contributed by atoms with Gasteiger partial charge in [-0.2, -0.15) is 14.9 Å². The first kappa shape index (κ1) is 15.9. The molecule has 0 saturated carbocycles. The molecule has 124 valence electrons. The molecule has 1 aliphatic rings. The predicted molar refractivity (Wildman–Crippen MR) is 102 cm³/mol. The standard InChI is InChI=1S/C17H13ClN6S/c18-14-8-6-13(7-9-14)15-11-25-17-22-21-16(24(17)23-15)20-19-10-12-4-2-1-3-5-12/h1-10H,11H2,(H,20,21)/b19-10+. The highest BCUT2D eigenvalue weighted by atomic mass is 35.5. The summed E-state index contributed by atoms with van der Waals surface area (Å²) in [6, 6.07) is 17.4. The molecule has 1 aromatic heterocycles. The lowest BCUT2D eigenvalue weighted by molar-refractivity contribution is 0.760. The van der Waals surface area contributed by atoms with Gasteiger partial charge in [-0.1, -0.05) is 65.8 Å². The van der Waals surface area contributed by atoms with Gasteiger partial charge in [0.1, 0.15) is 0 Å². The van der Waals surface area contributed by atoms with Gasteiger partial charge in [-0.15, -0.1) is 10.2 Å². The molecule has 0 radical (unpaired) electrons. The van der Waals surface area contributed by atoms with E-state index in [0.29, 0.717) is 11.0 Å². The van der Waals surface area contributed by atoms with Crippen molar-refractivity contribution < 1.29 is 0 Å². The summed E-state index contributed by atoms with van der Waals surface area (Å²) in [5.41, 5.74) is 5.85. The van der Waals surface area contributed by atoms with E-state index in [4.69, 9.17) is 11.6 Å². The van der Waals surface area contributed by atoms with Gasteiger partial charge in [0, 0.05) is 10.8 Å². The van der Waals surface area contributed by atoms with Crippen molar-refractivity contribution in [2.45, 2.75) is 5.16 Å². The van der Waals surface area contributed by atoms with Gasteiger partial charge in [-0.25, -0.2) is 5.43 Å². The number of fused-ring (bicyclic) bond motifs is 1. The van der Waals surface area contributed by atoms with Crippen LogP contribution >= 0.6 is 23.4 Å². The lowest BCUT2D eigenvalue weighted by Crippen LogP contribution is -2.14. The second kappa shape index (κ2) is 7.08. The monoisotopic (exact) mass is 368 g/mol. The number of rotatable bonds is 4. The van der Waals surface area contributed by atoms with Crippen LogP contribution < -0.4 is 5.43 Å². The molecule has 6 nitrogen and oxygen atoms in total. The van der Waals surface area contributed by atoms with E-state index in [1.807, 2.05) is 54.6 Å². The van der Waals surface area contributed by atoms with E-state index in [-0.39, 0.29) is 0 Å². The fourth-order valence-electron chi connectivity index (χ4n) is 2.28. The Kier molecular flexibility index (Phi) is 4.49. The summed E-state index contributed by atoms with van der Waals surface area (Å²) in [7, 11) is 0. The molecule has 1 aliphatic heterocycles. The summed E-state index contributed by atoms with van der Waals surface area (Å²) in [5, 5.41) is 18.5. The fraction of sp³-hybridized carbons (Fsp3) is 0.0588. The second-order valence-electron chi connectivity index (χ2n) is 5.24. The van der Waals surface area contributed by atoms with Crippen LogP contribution in [0.2, 0.25) is 5.02 Å². The summed E-state index contributed by atoms with van der Waals surface area (Å²) in [5.74, 6) is 1.20. The number of anilines is 1. The van der Waals surface area contributed by atoms with Crippen LogP contribution in [-0.4, -0.2) is 32.6 Å². The average Bonchev–Trinajstić information content (AvgIpc) is 3.06. The number of nitrogens with zero attached hydrogens (tertiary/aromatic N) is 5. The van der Waals surface area contributed by atoms with Crippen molar-refractivity contribution in [3.63, 3.8) is 0 Å². The Morgan fingerprint density at radius 2 is 1.88 bits per heavy atom. The van der Waals surface area contributed by atoms with Crippen LogP contribution in [0.5, 0.6) is 0 Å². The quantitative estimate of drug-likeness (QED) is 0.562. The average molecular weight is 369 g/mol.